The van der Waals surface area contributed by atoms with Crippen LogP contribution in [-0.2, 0) is 4.74 Å². The van der Waals surface area contributed by atoms with Crippen LogP contribution in [0.2, 0.25) is 0 Å². The van der Waals surface area contributed by atoms with E-state index in [0.29, 0.717) is 12.2 Å². The summed E-state index contributed by atoms with van der Waals surface area (Å²) in [6.45, 7) is 5.75. The van der Waals surface area contributed by atoms with E-state index in [1.807, 2.05) is 6.08 Å². The number of hydrogen-bond acceptors (Lipinski definition) is 2. The van der Waals surface area contributed by atoms with Crippen LogP contribution in [0.15, 0.2) is 12.7 Å². The van der Waals surface area contributed by atoms with E-state index in [1.165, 1.54) is 19.3 Å². The van der Waals surface area contributed by atoms with Gasteiger partial charge in [0.25, 0.3) is 0 Å². The maximum Gasteiger partial charge on any atom is 0.0845 e. The van der Waals surface area contributed by atoms with Crippen molar-refractivity contribution in [3.8, 4) is 0 Å². The zero-order valence-electron chi connectivity index (χ0n) is 7.46. The first-order valence-corrected chi connectivity index (χ1v) is 4.87. The molecule has 1 saturated heterocycles. The molecule has 2 fully saturated rings. The van der Waals surface area contributed by atoms with E-state index in [1.54, 1.807) is 0 Å². The quantitative estimate of drug-likeness (QED) is 0.388. The fraction of sp³-hybridized carbons (Fsp3) is 0.800. The van der Waals surface area contributed by atoms with Crippen LogP contribution < -0.4 is 5.32 Å². The molecule has 0 aromatic carbocycles. The van der Waals surface area contributed by atoms with Gasteiger partial charge in [0, 0.05) is 6.54 Å². The van der Waals surface area contributed by atoms with Crippen molar-refractivity contribution in [1.82, 2.24) is 5.32 Å². The van der Waals surface area contributed by atoms with Gasteiger partial charge in [0.05, 0.1) is 12.2 Å². The number of ether oxygens (including phenoxy) is 1. The Labute approximate surface area is 74.0 Å². The van der Waals surface area contributed by atoms with Gasteiger partial charge in [-0.15, -0.1) is 6.58 Å². The van der Waals surface area contributed by atoms with Gasteiger partial charge < -0.3 is 10.1 Å². The van der Waals surface area contributed by atoms with Gasteiger partial charge in [-0.2, -0.15) is 0 Å². The summed E-state index contributed by atoms with van der Waals surface area (Å²) >= 11 is 0. The van der Waals surface area contributed by atoms with E-state index in [-0.39, 0.29) is 0 Å². The molecule has 0 aromatic heterocycles. The van der Waals surface area contributed by atoms with Gasteiger partial charge in [0.15, 0.2) is 0 Å². The first-order valence-electron chi connectivity index (χ1n) is 4.87. The molecule has 3 unspecified atom stereocenters. The van der Waals surface area contributed by atoms with Crippen LogP contribution in [0.1, 0.15) is 19.3 Å². The normalized spacial score (nSPS) is 38.8. The number of nitrogens with one attached hydrogen (secondary N) is 1. The van der Waals surface area contributed by atoms with Gasteiger partial charge in [0.2, 0.25) is 0 Å². The molecule has 3 atom stereocenters. The van der Waals surface area contributed by atoms with Crippen LogP contribution in [0.4, 0.5) is 0 Å². The van der Waals surface area contributed by atoms with E-state index < -0.39 is 0 Å². The Hall–Kier alpha value is -0.340. The summed E-state index contributed by atoms with van der Waals surface area (Å²) in [4.78, 5) is 0. The van der Waals surface area contributed by atoms with E-state index in [0.717, 1.165) is 19.0 Å². The summed E-state index contributed by atoms with van der Waals surface area (Å²) in [6.07, 6.45) is 7.07. The van der Waals surface area contributed by atoms with Crippen LogP contribution in [0.5, 0.6) is 0 Å². The highest BCUT2D eigenvalue weighted by molar-refractivity contribution is 4.92. The molecule has 1 heterocycles. The van der Waals surface area contributed by atoms with E-state index in [2.05, 4.69) is 11.9 Å². The fourth-order valence-corrected chi connectivity index (χ4v) is 2.06. The molecule has 12 heavy (non-hydrogen) atoms. The lowest BCUT2D eigenvalue weighted by molar-refractivity contribution is 0.356. The number of fused-ring (bicyclic) bond motifs is 1. The highest BCUT2D eigenvalue weighted by Crippen LogP contribution is 2.38. The molecule has 68 valence electrons. The molecule has 0 aromatic rings. The third-order valence-electron chi connectivity index (χ3n) is 2.83. The molecule has 1 aliphatic heterocycles. The first-order chi connectivity index (χ1) is 5.90. The summed E-state index contributed by atoms with van der Waals surface area (Å²) in [5, 5.41) is 3.37. The van der Waals surface area contributed by atoms with Crippen molar-refractivity contribution in [3.63, 3.8) is 0 Å². The molecule has 0 spiro atoms. The smallest absolute Gasteiger partial charge is 0.0845 e. The second kappa shape index (κ2) is 3.58. The molecule has 0 amide bonds. The van der Waals surface area contributed by atoms with Crippen molar-refractivity contribution in [2.45, 2.75) is 31.5 Å². The van der Waals surface area contributed by atoms with Gasteiger partial charge in [0.1, 0.15) is 0 Å². The van der Waals surface area contributed by atoms with Crippen molar-refractivity contribution in [1.29, 1.82) is 0 Å². The molecule has 1 saturated carbocycles. The highest BCUT2D eigenvalue weighted by atomic mass is 16.6. The molecule has 2 aliphatic rings. The second-order valence-electron chi connectivity index (χ2n) is 3.84. The summed E-state index contributed by atoms with van der Waals surface area (Å²) in [7, 11) is 0. The molecule has 1 N–H and O–H groups in total. The standard InChI is InChI=1S/C10H17NO/c1-2-5-11-7-8-3-4-9-10(6-8)12-9/h2,8-11H,1,3-7H2. The minimum absolute atomic E-state index is 0.620. The Kier molecular flexibility index (Phi) is 2.47. The summed E-state index contributed by atoms with van der Waals surface area (Å²) in [5.74, 6) is 0.841. The average Bonchev–Trinajstić information content (AvgIpc) is 2.83. The third kappa shape index (κ3) is 1.87. The van der Waals surface area contributed by atoms with E-state index in [9.17, 15) is 0 Å². The number of hydrogen-bond donors (Lipinski definition) is 1. The van der Waals surface area contributed by atoms with E-state index in [4.69, 9.17) is 4.74 Å². The van der Waals surface area contributed by atoms with Crippen LogP contribution in [-0.4, -0.2) is 25.3 Å². The van der Waals surface area contributed by atoms with E-state index >= 15 is 0 Å². The second-order valence-corrected chi connectivity index (χ2v) is 3.84. The molecular weight excluding hydrogens is 150 g/mol. The zero-order valence-corrected chi connectivity index (χ0v) is 7.46. The SMILES string of the molecule is C=CCNCC1CCC2OC2C1. The monoisotopic (exact) mass is 167 g/mol. The Morgan fingerprint density at radius 1 is 1.42 bits per heavy atom. The van der Waals surface area contributed by atoms with Crippen molar-refractivity contribution in [2.24, 2.45) is 5.92 Å². The average molecular weight is 167 g/mol. The van der Waals surface area contributed by atoms with Crippen LogP contribution in [0, 0.1) is 5.92 Å². The largest absolute Gasteiger partial charge is 0.370 e. The Balaban J connectivity index is 1.63. The number of epoxide rings is 1. The topological polar surface area (TPSA) is 24.6 Å². The molecule has 2 rings (SSSR count). The molecule has 1 aliphatic carbocycles. The zero-order chi connectivity index (χ0) is 8.39. The first kappa shape index (κ1) is 8.27. The predicted molar refractivity (Wildman–Crippen MR) is 49.1 cm³/mol. The minimum Gasteiger partial charge on any atom is -0.370 e. The summed E-state index contributed by atoms with van der Waals surface area (Å²) in [6, 6.07) is 0. The van der Waals surface area contributed by atoms with Crippen LogP contribution in [0.25, 0.3) is 0 Å². The third-order valence-corrected chi connectivity index (χ3v) is 2.83. The summed E-state index contributed by atoms with van der Waals surface area (Å²) in [5.41, 5.74) is 0. The van der Waals surface area contributed by atoms with Gasteiger partial charge in [-0.1, -0.05) is 6.08 Å². The molecule has 0 bridgehead atoms. The summed E-state index contributed by atoms with van der Waals surface area (Å²) < 4.78 is 5.47. The fourth-order valence-electron chi connectivity index (χ4n) is 2.06. The Morgan fingerprint density at radius 3 is 3.08 bits per heavy atom. The van der Waals surface area contributed by atoms with Crippen LogP contribution in [0.3, 0.4) is 0 Å². The molecule has 2 nitrogen and oxygen atoms in total. The van der Waals surface area contributed by atoms with Crippen molar-refractivity contribution < 1.29 is 4.74 Å². The maximum absolute atomic E-state index is 5.47. The van der Waals surface area contributed by atoms with Crippen molar-refractivity contribution in [3.05, 3.63) is 12.7 Å². The van der Waals surface area contributed by atoms with Crippen molar-refractivity contribution >= 4 is 0 Å². The molecule has 2 heteroatoms. The number of rotatable bonds is 4. The van der Waals surface area contributed by atoms with Gasteiger partial charge in [-0.05, 0) is 31.7 Å². The Bertz CT molecular complexity index is 169. The van der Waals surface area contributed by atoms with Gasteiger partial charge >= 0.3 is 0 Å². The molecular formula is C10H17NO. The highest BCUT2D eigenvalue weighted by Gasteiger charge is 2.43. The predicted octanol–water partition coefficient (Wildman–Crippen LogP) is 1.33. The van der Waals surface area contributed by atoms with Crippen LogP contribution >= 0.6 is 0 Å². The van der Waals surface area contributed by atoms with Gasteiger partial charge in [-0.3, -0.25) is 0 Å². The van der Waals surface area contributed by atoms with Gasteiger partial charge in [-0.25, -0.2) is 0 Å². The Morgan fingerprint density at radius 2 is 2.33 bits per heavy atom. The lowest BCUT2D eigenvalue weighted by atomic mass is 9.89. The lowest BCUT2D eigenvalue weighted by Crippen LogP contribution is -2.26. The van der Waals surface area contributed by atoms with Crippen molar-refractivity contribution in [2.75, 3.05) is 13.1 Å². The maximum atomic E-state index is 5.47. The minimum atomic E-state index is 0.620. The lowest BCUT2D eigenvalue weighted by Gasteiger charge is -2.18. The molecule has 0 radical (unpaired) electrons.